The molecule has 0 bridgehead atoms. The van der Waals surface area contributed by atoms with Gasteiger partial charge in [0.2, 0.25) is 0 Å². The van der Waals surface area contributed by atoms with Crippen LogP contribution in [-0.4, -0.2) is 34.6 Å². The van der Waals surface area contributed by atoms with E-state index in [4.69, 9.17) is 14.2 Å². The molecule has 0 aromatic carbocycles. The van der Waals surface area contributed by atoms with Crippen molar-refractivity contribution < 1.29 is 14.2 Å². The lowest BCUT2D eigenvalue weighted by molar-refractivity contribution is -0.167. The number of allylic oxidation sites excluding steroid dienone is 4. The summed E-state index contributed by atoms with van der Waals surface area (Å²) in [6, 6.07) is 0. The number of rotatable bonds is 32. The van der Waals surface area contributed by atoms with Gasteiger partial charge in [-0.3, -0.25) is 0 Å². The van der Waals surface area contributed by atoms with Gasteiger partial charge in [0.1, 0.15) is 13.6 Å². The molecule has 0 aliphatic heterocycles. The first-order valence-corrected chi connectivity index (χ1v) is 19.6. The molecule has 0 saturated heterocycles. The van der Waals surface area contributed by atoms with Crippen LogP contribution in [0.25, 0.3) is 0 Å². The van der Waals surface area contributed by atoms with Crippen molar-refractivity contribution in [3.63, 3.8) is 0 Å². The third-order valence-electron chi connectivity index (χ3n) is 7.23. The molecule has 232 valence electrons. The minimum absolute atomic E-state index is 0.288. The molecule has 0 heterocycles. The lowest BCUT2D eigenvalue weighted by atomic mass is 10.0. The number of unbranched alkanes of at least 4 members (excludes halogenated alkanes) is 12. The summed E-state index contributed by atoms with van der Waals surface area (Å²) in [7, 11) is 0. The third kappa shape index (κ3) is 31.6. The van der Waals surface area contributed by atoms with Crippen molar-refractivity contribution in [1.29, 1.82) is 0 Å². The van der Waals surface area contributed by atoms with E-state index in [0.717, 1.165) is 38.5 Å². The Hall–Kier alpha value is 0.820. The largest absolute Gasteiger partial charge is 0.352 e. The molecule has 2 atom stereocenters. The normalized spacial score (nSPS) is 13.6. The maximum Gasteiger partial charge on any atom is 0.149 e. The molecule has 5 heteroatoms. The lowest BCUT2D eigenvalue weighted by Crippen LogP contribution is -2.19. The molecule has 0 radical (unpaired) electrons. The Bertz CT molecular complexity index is 469. The minimum Gasteiger partial charge on any atom is -0.352 e. The van der Waals surface area contributed by atoms with E-state index in [-0.39, 0.29) is 12.2 Å². The molecule has 2 unspecified atom stereocenters. The van der Waals surface area contributed by atoms with Crippen LogP contribution < -0.4 is 0 Å². The first kappa shape index (κ1) is 39.8. The minimum atomic E-state index is 0.288. The van der Waals surface area contributed by atoms with Crippen molar-refractivity contribution in [2.45, 2.75) is 167 Å². The van der Waals surface area contributed by atoms with Gasteiger partial charge in [-0.05, 0) is 51.4 Å². The number of halogens is 2. The summed E-state index contributed by atoms with van der Waals surface area (Å²) in [5.41, 5.74) is 0. The lowest BCUT2D eigenvalue weighted by Gasteiger charge is -2.20. The van der Waals surface area contributed by atoms with Gasteiger partial charge in [-0.1, -0.05) is 173 Å². The van der Waals surface area contributed by atoms with Gasteiger partial charge in [0.25, 0.3) is 0 Å². The molecule has 0 rings (SSSR count). The molecule has 0 fully saturated rings. The summed E-state index contributed by atoms with van der Waals surface area (Å²) in [5, 5.41) is 0. The highest BCUT2D eigenvalue weighted by Crippen LogP contribution is 2.17. The van der Waals surface area contributed by atoms with Gasteiger partial charge < -0.3 is 14.2 Å². The molecule has 3 nitrogen and oxygen atoms in total. The number of hydrogen-bond acceptors (Lipinski definition) is 3. The van der Waals surface area contributed by atoms with Gasteiger partial charge >= 0.3 is 0 Å². The van der Waals surface area contributed by atoms with E-state index >= 15 is 0 Å². The molecule has 0 saturated carbocycles. The molecule has 0 aromatic heterocycles. The van der Waals surface area contributed by atoms with E-state index in [1.165, 1.54) is 112 Å². The SMILES string of the molecule is CCCCCCCCCC(CC/C=C\CCI)OCOCOC(CC/C=C\CCI)CCCCCCCCC. The quantitative estimate of drug-likeness (QED) is 0.0224. The van der Waals surface area contributed by atoms with Crippen LogP contribution in [0.4, 0.5) is 0 Å². The highest BCUT2D eigenvalue weighted by Gasteiger charge is 2.11. The predicted molar refractivity (Wildman–Crippen MR) is 190 cm³/mol. The fourth-order valence-corrected chi connectivity index (χ4v) is 5.48. The zero-order chi connectivity index (χ0) is 28.5. The smallest absolute Gasteiger partial charge is 0.149 e. The molecular weight excluding hydrogens is 710 g/mol. The summed E-state index contributed by atoms with van der Waals surface area (Å²) < 4.78 is 20.6. The fourth-order valence-electron chi connectivity index (χ4n) is 4.76. The van der Waals surface area contributed by atoms with E-state index in [1.54, 1.807) is 0 Å². The van der Waals surface area contributed by atoms with Crippen LogP contribution in [0.1, 0.15) is 155 Å². The van der Waals surface area contributed by atoms with Crippen LogP contribution in [0, 0.1) is 0 Å². The second kappa shape index (κ2) is 35.0. The number of alkyl halides is 2. The van der Waals surface area contributed by atoms with Gasteiger partial charge in [0, 0.05) is 8.86 Å². The standard InChI is InChI=1S/C34H64I2O3/c1-3-5-7-9-11-13-19-25-33(27-21-15-17-23-29-35)38-31-37-32-39-34(28-22-16-18-24-30-36)26-20-14-12-10-8-6-4-2/h15-18,33-34H,3-14,19-32H2,1-2H3/b17-15-,18-16-. The van der Waals surface area contributed by atoms with Gasteiger partial charge in [-0.15, -0.1) is 0 Å². The summed E-state index contributed by atoms with van der Waals surface area (Å²) in [6.07, 6.45) is 37.7. The first-order valence-electron chi connectivity index (χ1n) is 16.5. The molecule has 0 N–H and O–H groups in total. The van der Waals surface area contributed by atoms with Crippen molar-refractivity contribution in [1.82, 2.24) is 0 Å². The van der Waals surface area contributed by atoms with Crippen LogP contribution in [0.3, 0.4) is 0 Å². The van der Waals surface area contributed by atoms with Gasteiger partial charge in [-0.2, -0.15) is 0 Å². The maximum absolute atomic E-state index is 6.20. The van der Waals surface area contributed by atoms with Crippen LogP contribution >= 0.6 is 45.2 Å². The summed E-state index contributed by atoms with van der Waals surface area (Å²) >= 11 is 4.87. The van der Waals surface area contributed by atoms with E-state index in [0.29, 0.717) is 13.6 Å². The zero-order valence-electron chi connectivity index (χ0n) is 25.8. The molecule has 0 spiro atoms. The topological polar surface area (TPSA) is 27.7 Å². The van der Waals surface area contributed by atoms with Crippen LogP contribution in [0.2, 0.25) is 0 Å². The molecule has 0 aromatic rings. The average molecular weight is 775 g/mol. The first-order chi connectivity index (χ1) is 19.3. The highest BCUT2D eigenvalue weighted by molar-refractivity contribution is 14.1. The fraction of sp³-hybridized carbons (Fsp3) is 0.882. The number of hydrogen-bond donors (Lipinski definition) is 0. The van der Waals surface area contributed by atoms with E-state index < -0.39 is 0 Å². The number of ether oxygens (including phenoxy) is 3. The summed E-state index contributed by atoms with van der Waals surface area (Å²) in [5.74, 6) is 0. The monoisotopic (exact) mass is 774 g/mol. The molecule has 0 amide bonds. The van der Waals surface area contributed by atoms with Gasteiger partial charge in [0.05, 0.1) is 12.2 Å². The Kier molecular flexibility index (Phi) is 35.8. The van der Waals surface area contributed by atoms with Crippen LogP contribution in [0.5, 0.6) is 0 Å². The van der Waals surface area contributed by atoms with E-state index in [2.05, 4.69) is 83.3 Å². The Balaban J connectivity index is 4.35. The Morgan fingerprint density at radius 3 is 1.21 bits per heavy atom. The van der Waals surface area contributed by atoms with Crippen molar-refractivity contribution in [3.8, 4) is 0 Å². The predicted octanol–water partition coefficient (Wildman–Crippen LogP) is 12.3. The molecule has 0 aliphatic carbocycles. The maximum atomic E-state index is 6.20. The molecule has 0 aliphatic rings. The van der Waals surface area contributed by atoms with Crippen molar-refractivity contribution in [2.75, 3.05) is 22.4 Å². The van der Waals surface area contributed by atoms with Gasteiger partial charge in [-0.25, -0.2) is 0 Å². The zero-order valence-corrected chi connectivity index (χ0v) is 30.1. The molecular formula is C34H64I2O3. The molecule has 39 heavy (non-hydrogen) atoms. The third-order valence-corrected chi connectivity index (χ3v) is 8.47. The van der Waals surface area contributed by atoms with Crippen LogP contribution in [0.15, 0.2) is 24.3 Å². The van der Waals surface area contributed by atoms with Gasteiger partial charge in [0.15, 0.2) is 0 Å². The Morgan fingerprint density at radius 1 is 0.462 bits per heavy atom. The van der Waals surface area contributed by atoms with Crippen molar-refractivity contribution in [2.24, 2.45) is 0 Å². The average Bonchev–Trinajstić information content (AvgIpc) is 2.94. The van der Waals surface area contributed by atoms with Crippen molar-refractivity contribution in [3.05, 3.63) is 24.3 Å². The highest BCUT2D eigenvalue weighted by atomic mass is 127. The Morgan fingerprint density at radius 2 is 0.821 bits per heavy atom. The van der Waals surface area contributed by atoms with Crippen molar-refractivity contribution >= 4 is 45.2 Å². The van der Waals surface area contributed by atoms with E-state index in [9.17, 15) is 0 Å². The second-order valence-electron chi connectivity index (χ2n) is 10.9. The Labute approximate surface area is 271 Å². The second-order valence-corrected chi connectivity index (χ2v) is 13.0. The van der Waals surface area contributed by atoms with E-state index in [1.807, 2.05) is 0 Å². The summed E-state index contributed by atoms with van der Waals surface area (Å²) in [4.78, 5) is 0. The summed E-state index contributed by atoms with van der Waals surface area (Å²) in [6.45, 7) is 5.26. The van der Waals surface area contributed by atoms with Crippen LogP contribution in [-0.2, 0) is 14.2 Å².